The Morgan fingerprint density at radius 1 is 1.46 bits per heavy atom. The minimum Gasteiger partial charge on any atom is -0.366 e. The number of hydrogen-bond donors (Lipinski definition) is 1. The monoisotopic (exact) mass is 174 g/mol. The Morgan fingerprint density at radius 3 is 3.08 bits per heavy atom. The molecule has 0 amide bonds. The molecular weight excluding hydrogens is 164 g/mol. The highest BCUT2D eigenvalue weighted by Gasteiger charge is 2.23. The summed E-state index contributed by atoms with van der Waals surface area (Å²) in [4.78, 5) is 4.11. The van der Waals surface area contributed by atoms with Gasteiger partial charge in [-0.1, -0.05) is 0 Å². The summed E-state index contributed by atoms with van der Waals surface area (Å²) >= 11 is 0. The van der Waals surface area contributed by atoms with E-state index in [0.717, 1.165) is 11.6 Å². The number of hydrogen-bond acceptors (Lipinski definition) is 3. The summed E-state index contributed by atoms with van der Waals surface area (Å²) in [6.45, 7) is 0. The molecule has 13 heavy (non-hydrogen) atoms. The van der Waals surface area contributed by atoms with E-state index in [4.69, 9.17) is 5.73 Å². The van der Waals surface area contributed by atoms with Crippen LogP contribution >= 0.6 is 0 Å². The van der Waals surface area contributed by atoms with Crippen molar-refractivity contribution in [3.8, 4) is 0 Å². The summed E-state index contributed by atoms with van der Waals surface area (Å²) < 4.78 is 1.71. The average molecular weight is 174 g/mol. The fourth-order valence-electron chi connectivity index (χ4n) is 1.59. The lowest BCUT2D eigenvalue weighted by molar-refractivity contribution is 0.956. The summed E-state index contributed by atoms with van der Waals surface area (Å²) in [5, 5.41) is 4.02. The van der Waals surface area contributed by atoms with Crippen molar-refractivity contribution in [3.63, 3.8) is 0 Å². The zero-order valence-electron chi connectivity index (χ0n) is 7.14. The van der Waals surface area contributed by atoms with Gasteiger partial charge >= 0.3 is 0 Å². The van der Waals surface area contributed by atoms with Crippen LogP contribution in [0.25, 0.3) is 5.65 Å². The van der Waals surface area contributed by atoms with Crippen molar-refractivity contribution in [2.24, 2.45) is 0 Å². The maximum absolute atomic E-state index is 5.49. The summed E-state index contributed by atoms with van der Waals surface area (Å²) in [7, 11) is 0. The van der Waals surface area contributed by atoms with Gasteiger partial charge in [0, 0.05) is 6.20 Å². The lowest BCUT2D eigenvalue weighted by Crippen LogP contribution is -1.89. The van der Waals surface area contributed by atoms with Crippen LogP contribution in [-0.4, -0.2) is 14.6 Å². The van der Waals surface area contributed by atoms with Crippen molar-refractivity contribution < 1.29 is 0 Å². The van der Waals surface area contributed by atoms with Crippen molar-refractivity contribution in [2.75, 3.05) is 5.73 Å². The first-order valence-corrected chi connectivity index (χ1v) is 4.45. The molecule has 4 nitrogen and oxygen atoms in total. The van der Waals surface area contributed by atoms with Crippen LogP contribution in [-0.2, 0) is 0 Å². The number of fused-ring (bicyclic) bond motifs is 1. The van der Waals surface area contributed by atoms with E-state index in [2.05, 4.69) is 22.2 Å². The molecule has 66 valence electrons. The number of nitrogens with two attached hydrogens (primary N) is 1. The van der Waals surface area contributed by atoms with Crippen molar-refractivity contribution in [1.29, 1.82) is 0 Å². The quantitative estimate of drug-likeness (QED) is 0.706. The van der Waals surface area contributed by atoms with Gasteiger partial charge in [-0.05, 0) is 36.5 Å². The van der Waals surface area contributed by atoms with Gasteiger partial charge in [0.1, 0.15) is 0 Å². The second kappa shape index (κ2) is 2.22. The third-order valence-electron chi connectivity index (χ3n) is 2.43. The van der Waals surface area contributed by atoms with E-state index in [1.54, 1.807) is 4.52 Å². The van der Waals surface area contributed by atoms with E-state index in [9.17, 15) is 0 Å². The number of nitrogens with zero attached hydrogens (tertiary/aromatic N) is 3. The number of anilines is 1. The fraction of sp³-hybridized carbons (Fsp3) is 0.333. The van der Waals surface area contributed by atoms with Crippen molar-refractivity contribution >= 4 is 11.6 Å². The summed E-state index contributed by atoms with van der Waals surface area (Å²) in [6, 6.07) is 4.17. The summed E-state index contributed by atoms with van der Waals surface area (Å²) in [5.74, 6) is 1.09. The largest absolute Gasteiger partial charge is 0.366 e. The van der Waals surface area contributed by atoms with Gasteiger partial charge in [0.2, 0.25) is 5.95 Å². The van der Waals surface area contributed by atoms with Gasteiger partial charge in [0.15, 0.2) is 5.65 Å². The van der Waals surface area contributed by atoms with E-state index >= 15 is 0 Å². The molecule has 2 N–H and O–H groups in total. The molecule has 1 saturated carbocycles. The van der Waals surface area contributed by atoms with E-state index in [-0.39, 0.29) is 0 Å². The zero-order chi connectivity index (χ0) is 8.84. The smallest absolute Gasteiger partial charge is 0.240 e. The maximum atomic E-state index is 5.49. The SMILES string of the molecule is Nc1nc2cc(C3CC3)ccn2n1. The van der Waals surface area contributed by atoms with Crippen LogP contribution < -0.4 is 5.73 Å². The number of rotatable bonds is 1. The Labute approximate surface area is 75.4 Å². The second-order valence-electron chi connectivity index (χ2n) is 3.51. The molecule has 0 aromatic carbocycles. The van der Waals surface area contributed by atoms with Crippen LogP contribution in [0.5, 0.6) is 0 Å². The molecule has 3 rings (SSSR count). The molecule has 2 aromatic heterocycles. The summed E-state index contributed by atoms with van der Waals surface area (Å²) in [5.41, 5.74) is 7.70. The third kappa shape index (κ3) is 1.06. The molecule has 0 saturated heterocycles. The van der Waals surface area contributed by atoms with Crippen molar-refractivity contribution in [3.05, 3.63) is 23.9 Å². The van der Waals surface area contributed by atoms with Crippen LogP contribution in [0.2, 0.25) is 0 Å². The highest BCUT2D eigenvalue weighted by atomic mass is 15.3. The normalized spacial score (nSPS) is 16.6. The van der Waals surface area contributed by atoms with Gasteiger partial charge < -0.3 is 5.73 Å². The minimum atomic E-state index is 0.341. The Kier molecular flexibility index (Phi) is 1.17. The van der Waals surface area contributed by atoms with Gasteiger partial charge in [0.25, 0.3) is 0 Å². The Balaban J connectivity index is 2.20. The van der Waals surface area contributed by atoms with Crippen LogP contribution in [0, 0.1) is 0 Å². The molecule has 1 aliphatic carbocycles. The predicted molar refractivity (Wildman–Crippen MR) is 49.4 cm³/mol. The van der Waals surface area contributed by atoms with E-state index < -0.39 is 0 Å². The van der Waals surface area contributed by atoms with Crippen molar-refractivity contribution in [2.45, 2.75) is 18.8 Å². The minimum absolute atomic E-state index is 0.341. The first-order valence-electron chi connectivity index (χ1n) is 4.45. The number of pyridine rings is 1. The number of nitrogen functional groups attached to an aromatic ring is 1. The van der Waals surface area contributed by atoms with Crippen molar-refractivity contribution in [1.82, 2.24) is 14.6 Å². The molecule has 0 unspecified atom stereocenters. The molecule has 0 aliphatic heterocycles. The Morgan fingerprint density at radius 2 is 2.31 bits per heavy atom. The van der Waals surface area contributed by atoms with Crippen LogP contribution in [0.4, 0.5) is 5.95 Å². The molecule has 0 bridgehead atoms. The molecule has 4 heteroatoms. The number of aromatic nitrogens is 3. The summed E-state index contributed by atoms with van der Waals surface area (Å²) in [6.07, 6.45) is 4.53. The highest BCUT2D eigenvalue weighted by molar-refractivity contribution is 5.45. The van der Waals surface area contributed by atoms with Gasteiger partial charge in [-0.25, -0.2) is 4.52 Å². The lowest BCUT2D eigenvalue weighted by atomic mass is 10.2. The predicted octanol–water partition coefficient (Wildman–Crippen LogP) is 1.19. The van der Waals surface area contributed by atoms with Gasteiger partial charge in [-0.2, -0.15) is 4.98 Å². The lowest BCUT2D eigenvalue weighted by Gasteiger charge is -1.96. The first-order chi connectivity index (χ1) is 6.33. The first kappa shape index (κ1) is 6.88. The molecule has 1 fully saturated rings. The van der Waals surface area contributed by atoms with Crippen LogP contribution in [0.3, 0.4) is 0 Å². The van der Waals surface area contributed by atoms with E-state index in [0.29, 0.717) is 5.95 Å². The molecule has 0 radical (unpaired) electrons. The standard InChI is InChI=1S/C9H10N4/c10-9-11-8-5-7(6-1-2-6)3-4-13(8)12-9/h3-6H,1-2H2,(H2,10,12). The van der Waals surface area contributed by atoms with E-state index in [1.165, 1.54) is 18.4 Å². The van der Waals surface area contributed by atoms with Gasteiger partial charge in [-0.15, -0.1) is 5.10 Å². The Bertz CT molecular complexity index is 456. The topological polar surface area (TPSA) is 56.2 Å². The molecule has 2 heterocycles. The molecule has 0 atom stereocenters. The van der Waals surface area contributed by atoms with E-state index in [1.807, 2.05) is 6.20 Å². The molecule has 0 spiro atoms. The third-order valence-corrected chi connectivity index (χ3v) is 2.43. The fourth-order valence-corrected chi connectivity index (χ4v) is 1.59. The second-order valence-corrected chi connectivity index (χ2v) is 3.51. The zero-order valence-corrected chi connectivity index (χ0v) is 7.14. The highest BCUT2D eigenvalue weighted by Crippen LogP contribution is 2.40. The van der Waals surface area contributed by atoms with Gasteiger partial charge in [-0.3, -0.25) is 0 Å². The maximum Gasteiger partial charge on any atom is 0.240 e. The Hall–Kier alpha value is -1.58. The molecule has 1 aliphatic rings. The molecular formula is C9H10N4. The van der Waals surface area contributed by atoms with Crippen LogP contribution in [0.1, 0.15) is 24.3 Å². The average Bonchev–Trinajstić information content (AvgIpc) is 2.87. The molecule has 2 aromatic rings. The van der Waals surface area contributed by atoms with Gasteiger partial charge in [0.05, 0.1) is 0 Å². The van der Waals surface area contributed by atoms with Crippen LogP contribution in [0.15, 0.2) is 18.3 Å².